The molecule has 3 N–H and O–H groups in total. The third-order valence-electron chi connectivity index (χ3n) is 5.04. The first kappa shape index (κ1) is 21.2. The maximum Gasteiger partial charge on any atom is 0.416 e. The second kappa shape index (κ2) is 7.87. The van der Waals surface area contributed by atoms with Gasteiger partial charge in [0.2, 0.25) is 0 Å². The largest absolute Gasteiger partial charge is 0.416 e. The summed E-state index contributed by atoms with van der Waals surface area (Å²) in [5.41, 5.74) is -1.65. The summed E-state index contributed by atoms with van der Waals surface area (Å²) in [6, 6.07) is -0.965. The molecule has 0 spiro atoms. The number of urea groups is 1. The van der Waals surface area contributed by atoms with Crippen molar-refractivity contribution in [2.75, 3.05) is 29.9 Å². The van der Waals surface area contributed by atoms with Gasteiger partial charge >= 0.3 is 12.2 Å². The van der Waals surface area contributed by atoms with Gasteiger partial charge in [-0.15, -0.1) is 0 Å². The minimum absolute atomic E-state index is 0.0305. The first-order valence-corrected chi connectivity index (χ1v) is 9.42. The number of fused-ring (bicyclic) bond motifs is 1. The van der Waals surface area contributed by atoms with Crippen LogP contribution in [0.2, 0.25) is 0 Å². The predicted octanol–water partition coefficient (Wildman–Crippen LogP) is 2.80. The zero-order valence-corrected chi connectivity index (χ0v) is 16.2. The van der Waals surface area contributed by atoms with Gasteiger partial charge in [0.05, 0.1) is 22.5 Å². The van der Waals surface area contributed by atoms with Crippen LogP contribution in [0.4, 0.5) is 38.4 Å². The molecule has 8 nitrogen and oxygen atoms in total. The van der Waals surface area contributed by atoms with Crippen molar-refractivity contribution in [2.45, 2.75) is 31.6 Å². The van der Waals surface area contributed by atoms with Crippen molar-refractivity contribution in [3.63, 3.8) is 0 Å². The number of piperazine rings is 1. The van der Waals surface area contributed by atoms with E-state index in [1.54, 1.807) is 4.90 Å². The van der Waals surface area contributed by atoms with Crippen molar-refractivity contribution in [3.8, 4) is 11.4 Å². The van der Waals surface area contributed by atoms with Crippen molar-refractivity contribution in [1.82, 2.24) is 25.6 Å². The standard InChI is InChI=1S/C18H18F5N7O/c1-8-6-30(3-2-24-8)11-5-9(18(21,22)23)4-10(27-11)13-12-14(15(19)20)28-17(31)29-16(12)26-7-25-13/h4-5,7-8,14-15,24H,2-3,6H2,1H3,(H2,25,26,28,29,31)/t8-,14+/m0/s1. The molecule has 2 amide bonds. The fraction of sp³-hybridized carbons (Fsp3) is 0.444. The number of carbonyl (C=O) groups is 1. The summed E-state index contributed by atoms with van der Waals surface area (Å²) < 4.78 is 68.1. The van der Waals surface area contributed by atoms with Gasteiger partial charge in [-0.3, -0.25) is 5.32 Å². The molecular weight excluding hydrogens is 425 g/mol. The van der Waals surface area contributed by atoms with Crippen LogP contribution in [0, 0.1) is 0 Å². The van der Waals surface area contributed by atoms with E-state index in [1.165, 1.54) is 0 Å². The van der Waals surface area contributed by atoms with E-state index < -0.39 is 30.2 Å². The Kier molecular flexibility index (Phi) is 5.37. The van der Waals surface area contributed by atoms with E-state index in [4.69, 9.17) is 0 Å². The average molecular weight is 443 g/mol. The minimum Gasteiger partial charge on any atom is -0.354 e. The van der Waals surface area contributed by atoms with E-state index >= 15 is 0 Å². The molecule has 2 aliphatic rings. The molecule has 2 aromatic heterocycles. The van der Waals surface area contributed by atoms with Gasteiger partial charge in [0.15, 0.2) is 0 Å². The van der Waals surface area contributed by atoms with Crippen molar-refractivity contribution < 1.29 is 26.7 Å². The Morgan fingerprint density at radius 2 is 2.00 bits per heavy atom. The molecule has 4 rings (SSSR count). The van der Waals surface area contributed by atoms with Crippen molar-refractivity contribution in [3.05, 3.63) is 29.6 Å². The smallest absolute Gasteiger partial charge is 0.354 e. The van der Waals surface area contributed by atoms with Crippen LogP contribution < -0.4 is 20.9 Å². The summed E-state index contributed by atoms with van der Waals surface area (Å²) in [6.45, 7) is 3.30. The van der Waals surface area contributed by atoms with Gasteiger partial charge in [-0.05, 0) is 19.1 Å². The van der Waals surface area contributed by atoms with Crippen LogP contribution in [0.3, 0.4) is 0 Å². The van der Waals surface area contributed by atoms with Crippen LogP contribution in [0.5, 0.6) is 0 Å². The highest BCUT2D eigenvalue weighted by atomic mass is 19.4. The van der Waals surface area contributed by atoms with Crippen molar-refractivity contribution in [1.29, 1.82) is 0 Å². The van der Waals surface area contributed by atoms with Crippen LogP contribution in [0.1, 0.15) is 24.1 Å². The maximum atomic E-state index is 13.6. The molecule has 0 aromatic carbocycles. The summed E-state index contributed by atoms with van der Waals surface area (Å²) >= 11 is 0. The van der Waals surface area contributed by atoms with E-state index in [1.807, 2.05) is 6.92 Å². The molecule has 0 bridgehead atoms. The number of nitrogens with one attached hydrogen (secondary N) is 3. The first-order valence-electron chi connectivity index (χ1n) is 9.42. The number of amides is 2. The van der Waals surface area contributed by atoms with E-state index in [9.17, 15) is 26.7 Å². The van der Waals surface area contributed by atoms with Gasteiger partial charge < -0.3 is 15.5 Å². The highest BCUT2D eigenvalue weighted by Crippen LogP contribution is 2.39. The lowest BCUT2D eigenvalue weighted by Crippen LogP contribution is -2.49. The second-order valence-electron chi connectivity index (χ2n) is 7.29. The summed E-state index contributed by atoms with van der Waals surface area (Å²) in [7, 11) is 0. The fourth-order valence-corrected chi connectivity index (χ4v) is 3.64. The molecule has 2 atom stereocenters. The quantitative estimate of drug-likeness (QED) is 0.632. The molecule has 1 saturated heterocycles. The number of halogens is 5. The van der Waals surface area contributed by atoms with Gasteiger partial charge in [-0.1, -0.05) is 0 Å². The number of rotatable bonds is 3. The lowest BCUT2D eigenvalue weighted by atomic mass is 10.0. The van der Waals surface area contributed by atoms with Crippen molar-refractivity contribution >= 4 is 17.7 Å². The zero-order chi connectivity index (χ0) is 22.3. The van der Waals surface area contributed by atoms with E-state index in [0.29, 0.717) is 19.6 Å². The van der Waals surface area contributed by atoms with Gasteiger partial charge in [-0.2, -0.15) is 13.2 Å². The van der Waals surface area contributed by atoms with Crippen LogP contribution in [0.15, 0.2) is 18.5 Å². The number of anilines is 2. The molecule has 31 heavy (non-hydrogen) atoms. The molecule has 0 unspecified atom stereocenters. The lowest BCUT2D eigenvalue weighted by molar-refractivity contribution is -0.137. The number of alkyl halides is 5. The Bertz CT molecular complexity index is 1000. The lowest BCUT2D eigenvalue weighted by Gasteiger charge is -2.33. The molecule has 0 radical (unpaired) electrons. The Labute approximate surface area is 173 Å². The summed E-state index contributed by atoms with van der Waals surface area (Å²) in [6.07, 6.45) is -6.74. The van der Waals surface area contributed by atoms with E-state index in [0.717, 1.165) is 18.5 Å². The third-order valence-corrected chi connectivity index (χ3v) is 5.04. The molecule has 0 aliphatic carbocycles. The van der Waals surface area contributed by atoms with Crippen LogP contribution in [-0.2, 0) is 6.18 Å². The molecule has 166 valence electrons. The summed E-state index contributed by atoms with van der Waals surface area (Å²) in [4.78, 5) is 25.4. The number of nitrogens with zero attached hydrogens (tertiary/aromatic N) is 4. The minimum atomic E-state index is -4.69. The number of pyridine rings is 1. The molecule has 2 aliphatic heterocycles. The fourth-order valence-electron chi connectivity index (χ4n) is 3.64. The Morgan fingerprint density at radius 1 is 1.23 bits per heavy atom. The molecule has 2 aromatic rings. The van der Waals surface area contributed by atoms with Crippen LogP contribution in [-0.4, -0.2) is 53.1 Å². The van der Waals surface area contributed by atoms with E-state index in [2.05, 4.69) is 30.9 Å². The van der Waals surface area contributed by atoms with E-state index in [-0.39, 0.29) is 34.6 Å². The zero-order valence-electron chi connectivity index (χ0n) is 16.2. The van der Waals surface area contributed by atoms with Crippen molar-refractivity contribution in [2.24, 2.45) is 0 Å². The van der Waals surface area contributed by atoms with Gasteiger partial charge in [0.25, 0.3) is 6.43 Å². The van der Waals surface area contributed by atoms with Gasteiger partial charge in [-0.25, -0.2) is 28.5 Å². The molecule has 0 saturated carbocycles. The van der Waals surface area contributed by atoms with Gasteiger partial charge in [0.1, 0.15) is 24.0 Å². The third kappa shape index (κ3) is 4.22. The topological polar surface area (TPSA) is 95.1 Å². The number of carbonyl (C=O) groups excluding carboxylic acids is 1. The summed E-state index contributed by atoms with van der Waals surface area (Å²) in [5.74, 6) is -0.137. The molecule has 1 fully saturated rings. The highest BCUT2D eigenvalue weighted by molar-refractivity contribution is 5.93. The molecule has 4 heterocycles. The average Bonchev–Trinajstić information content (AvgIpc) is 2.71. The second-order valence-corrected chi connectivity index (χ2v) is 7.29. The SMILES string of the molecule is C[C@H]1CN(c2cc(C(F)(F)F)cc(-c3ncnc4c3[C@H](C(F)F)NC(=O)N4)n2)CCN1. The van der Waals surface area contributed by atoms with Crippen LogP contribution in [0.25, 0.3) is 11.4 Å². The number of hydrogen-bond donors (Lipinski definition) is 3. The highest BCUT2D eigenvalue weighted by Gasteiger charge is 2.37. The Balaban J connectivity index is 1.88. The first-order chi connectivity index (χ1) is 14.6. The maximum absolute atomic E-state index is 13.6. The molecule has 13 heteroatoms. The Morgan fingerprint density at radius 3 is 2.68 bits per heavy atom. The Hall–Kier alpha value is -3.09. The number of aromatic nitrogens is 3. The normalized spacial score (nSPS) is 21.5. The van der Waals surface area contributed by atoms with Gasteiger partial charge in [0, 0.05) is 25.7 Å². The van der Waals surface area contributed by atoms with Crippen LogP contribution >= 0.6 is 0 Å². The monoisotopic (exact) mass is 443 g/mol. The predicted molar refractivity (Wildman–Crippen MR) is 101 cm³/mol. The number of hydrogen-bond acceptors (Lipinski definition) is 6. The summed E-state index contributed by atoms with van der Waals surface area (Å²) in [5, 5.41) is 7.53. The molecular formula is C18H18F5N7O.